The van der Waals surface area contributed by atoms with Gasteiger partial charge in [0.15, 0.2) is 0 Å². The van der Waals surface area contributed by atoms with Crippen molar-refractivity contribution < 1.29 is 4.21 Å². The topological polar surface area (TPSA) is 29.1 Å². The maximum Gasteiger partial charge on any atom is 0.0439 e. The zero-order chi connectivity index (χ0) is 12.0. The third-order valence-electron chi connectivity index (χ3n) is 2.69. The predicted molar refractivity (Wildman–Crippen MR) is 71.1 cm³/mol. The maximum absolute atomic E-state index is 11.7. The number of hydrogen-bond donors (Lipinski definition) is 1. The van der Waals surface area contributed by atoms with Gasteiger partial charge in [0.05, 0.1) is 0 Å². The van der Waals surface area contributed by atoms with E-state index in [0.29, 0.717) is 5.75 Å². The van der Waals surface area contributed by atoms with Gasteiger partial charge in [-0.15, -0.1) is 0 Å². The minimum Gasteiger partial charge on any atom is -0.309 e. The van der Waals surface area contributed by atoms with Crippen molar-refractivity contribution in [3.05, 3.63) is 35.4 Å². The van der Waals surface area contributed by atoms with Gasteiger partial charge in [-0.1, -0.05) is 38.1 Å². The Morgan fingerprint density at radius 2 is 2.00 bits per heavy atom. The van der Waals surface area contributed by atoms with Crippen LogP contribution in [-0.4, -0.2) is 22.3 Å². The fourth-order valence-electron chi connectivity index (χ4n) is 1.79. The van der Waals surface area contributed by atoms with Crippen LogP contribution in [0.25, 0.3) is 0 Å². The number of rotatable bonds is 6. The van der Waals surface area contributed by atoms with Crippen LogP contribution in [0.3, 0.4) is 0 Å². The van der Waals surface area contributed by atoms with E-state index in [1.54, 1.807) is 0 Å². The molecule has 1 N–H and O–H groups in total. The molecule has 0 aliphatic carbocycles. The minimum absolute atomic E-state index is 0.215. The van der Waals surface area contributed by atoms with Gasteiger partial charge in [-0.25, -0.2) is 0 Å². The van der Waals surface area contributed by atoms with Gasteiger partial charge in [0.1, 0.15) is 0 Å². The van der Waals surface area contributed by atoms with Crippen LogP contribution < -0.4 is 5.32 Å². The second-order valence-corrected chi connectivity index (χ2v) is 5.65. The summed E-state index contributed by atoms with van der Waals surface area (Å²) >= 11 is 0. The summed E-state index contributed by atoms with van der Waals surface area (Å²) in [6.07, 6.45) is 0. The van der Waals surface area contributed by atoms with Crippen LogP contribution in [-0.2, 0) is 10.8 Å². The highest BCUT2D eigenvalue weighted by atomic mass is 32.2. The molecule has 0 saturated heterocycles. The van der Waals surface area contributed by atoms with Gasteiger partial charge in [-0.05, 0) is 24.6 Å². The second-order valence-electron chi connectivity index (χ2n) is 3.86. The van der Waals surface area contributed by atoms with Crippen LogP contribution in [0.4, 0.5) is 0 Å². The molecule has 3 heteroatoms. The van der Waals surface area contributed by atoms with Gasteiger partial charge in [-0.2, -0.15) is 0 Å². The first-order valence-corrected chi connectivity index (χ1v) is 7.31. The van der Waals surface area contributed by atoms with E-state index in [1.165, 1.54) is 11.1 Å². The standard InChI is InChI=1S/C13H21NOS/c1-4-14-13(10-16(15)5-2)12-9-7-6-8-11(12)3/h6-9,13-14H,4-5,10H2,1-3H3. The van der Waals surface area contributed by atoms with Crippen molar-refractivity contribution in [2.45, 2.75) is 26.8 Å². The fourth-order valence-corrected chi connectivity index (χ4v) is 2.69. The normalized spacial score (nSPS) is 14.7. The number of benzene rings is 1. The van der Waals surface area contributed by atoms with Gasteiger partial charge < -0.3 is 5.32 Å². The van der Waals surface area contributed by atoms with Crippen LogP contribution in [0.5, 0.6) is 0 Å². The SMILES string of the molecule is CCNC(CS(=O)CC)c1ccccc1C. The third-order valence-corrected chi connectivity index (χ3v) is 4.04. The second kappa shape index (κ2) is 6.81. The summed E-state index contributed by atoms with van der Waals surface area (Å²) < 4.78 is 11.7. The Morgan fingerprint density at radius 1 is 1.31 bits per heavy atom. The lowest BCUT2D eigenvalue weighted by Crippen LogP contribution is -2.27. The van der Waals surface area contributed by atoms with Crippen molar-refractivity contribution >= 4 is 10.8 Å². The number of hydrogen-bond acceptors (Lipinski definition) is 2. The zero-order valence-electron chi connectivity index (χ0n) is 10.3. The molecule has 1 rings (SSSR count). The molecule has 1 aromatic carbocycles. The van der Waals surface area contributed by atoms with Crippen LogP contribution in [0, 0.1) is 6.92 Å². The van der Waals surface area contributed by atoms with Crippen LogP contribution in [0.1, 0.15) is 31.0 Å². The molecule has 1 aromatic rings. The number of aryl methyl sites for hydroxylation is 1. The van der Waals surface area contributed by atoms with Crippen molar-refractivity contribution in [2.75, 3.05) is 18.1 Å². The molecule has 2 atom stereocenters. The smallest absolute Gasteiger partial charge is 0.0439 e. The Morgan fingerprint density at radius 3 is 2.56 bits per heavy atom. The summed E-state index contributed by atoms with van der Waals surface area (Å²) in [5, 5.41) is 3.41. The molecule has 0 heterocycles. The Labute approximate surface area is 101 Å². The molecule has 0 amide bonds. The summed E-state index contributed by atoms with van der Waals surface area (Å²) in [6, 6.07) is 8.52. The zero-order valence-corrected chi connectivity index (χ0v) is 11.1. The molecule has 0 aromatic heterocycles. The van der Waals surface area contributed by atoms with Gasteiger partial charge in [0.25, 0.3) is 0 Å². The molecule has 2 unspecified atom stereocenters. The van der Waals surface area contributed by atoms with E-state index in [2.05, 4.69) is 31.3 Å². The van der Waals surface area contributed by atoms with Gasteiger partial charge >= 0.3 is 0 Å². The average Bonchev–Trinajstić information content (AvgIpc) is 2.29. The molecule has 16 heavy (non-hydrogen) atoms. The van der Waals surface area contributed by atoms with E-state index >= 15 is 0 Å². The van der Waals surface area contributed by atoms with E-state index in [1.807, 2.05) is 19.1 Å². The Kier molecular flexibility index (Phi) is 5.71. The molecule has 0 fully saturated rings. The molecule has 2 nitrogen and oxygen atoms in total. The van der Waals surface area contributed by atoms with Crippen molar-refractivity contribution in [3.63, 3.8) is 0 Å². The first-order valence-electron chi connectivity index (χ1n) is 5.82. The van der Waals surface area contributed by atoms with Crippen LogP contribution >= 0.6 is 0 Å². The average molecular weight is 239 g/mol. The molecule has 0 aliphatic heterocycles. The Bertz CT molecular complexity index is 352. The highest BCUT2D eigenvalue weighted by Crippen LogP contribution is 2.18. The quantitative estimate of drug-likeness (QED) is 0.826. The molecular weight excluding hydrogens is 218 g/mol. The highest BCUT2D eigenvalue weighted by molar-refractivity contribution is 7.84. The van der Waals surface area contributed by atoms with Crippen molar-refractivity contribution in [1.29, 1.82) is 0 Å². The summed E-state index contributed by atoms with van der Waals surface area (Å²) in [5.74, 6) is 1.43. The van der Waals surface area contributed by atoms with Gasteiger partial charge in [-0.3, -0.25) is 4.21 Å². The molecule has 0 bridgehead atoms. The Hall–Kier alpha value is -0.670. The summed E-state index contributed by atoms with van der Waals surface area (Å²) in [4.78, 5) is 0. The largest absolute Gasteiger partial charge is 0.309 e. The summed E-state index contributed by atoms with van der Waals surface area (Å²) in [6.45, 7) is 7.06. The third kappa shape index (κ3) is 3.72. The van der Waals surface area contributed by atoms with Crippen molar-refractivity contribution in [1.82, 2.24) is 5.32 Å². The lowest BCUT2D eigenvalue weighted by Gasteiger charge is -2.19. The molecule has 90 valence electrons. The number of nitrogens with one attached hydrogen (secondary N) is 1. The van der Waals surface area contributed by atoms with E-state index < -0.39 is 10.8 Å². The monoisotopic (exact) mass is 239 g/mol. The molecule has 0 radical (unpaired) electrons. The van der Waals surface area contributed by atoms with Crippen molar-refractivity contribution in [2.24, 2.45) is 0 Å². The summed E-state index contributed by atoms with van der Waals surface area (Å²) in [5.41, 5.74) is 2.53. The lowest BCUT2D eigenvalue weighted by atomic mass is 10.0. The van der Waals surface area contributed by atoms with Crippen molar-refractivity contribution in [3.8, 4) is 0 Å². The van der Waals surface area contributed by atoms with Crippen LogP contribution in [0.15, 0.2) is 24.3 Å². The molecule has 0 saturated carbocycles. The van der Waals surface area contributed by atoms with E-state index in [4.69, 9.17) is 0 Å². The molecule has 0 aliphatic rings. The maximum atomic E-state index is 11.7. The predicted octanol–water partition coefficient (Wildman–Crippen LogP) is 2.41. The molecule has 0 spiro atoms. The molecular formula is C13H21NOS. The Balaban J connectivity index is 2.85. The van der Waals surface area contributed by atoms with E-state index in [0.717, 1.165) is 12.3 Å². The van der Waals surface area contributed by atoms with E-state index in [-0.39, 0.29) is 6.04 Å². The van der Waals surface area contributed by atoms with Gasteiger partial charge in [0.2, 0.25) is 0 Å². The fraction of sp³-hybridized carbons (Fsp3) is 0.538. The lowest BCUT2D eigenvalue weighted by molar-refractivity contribution is 0.592. The highest BCUT2D eigenvalue weighted by Gasteiger charge is 2.14. The van der Waals surface area contributed by atoms with Gasteiger partial charge in [0, 0.05) is 28.3 Å². The first-order chi connectivity index (χ1) is 7.69. The first kappa shape index (κ1) is 13.4. The van der Waals surface area contributed by atoms with Crippen LogP contribution in [0.2, 0.25) is 0 Å². The summed E-state index contributed by atoms with van der Waals surface area (Å²) in [7, 11) is -0.730. The minimum atomic E-state index is -0.730. The van der Waals surface area contributed by atoms with E-state index in [9.17, 15) is 4.21 Å².